The van der Waals surface area contributed by atoms with Crippen molar-refractivity contribution < 1.29 is 19.1 Å². The molecule has 4 aromatic rings. The third-order valence-electron chi connectivity index (χ3n) is 6.35. The van der Waals surface area contributed by atoms with Gasteiger partial charge in [-0.05, 0) is 42.7 Å². The molecule has 0 saturated carbocycles. The largest absolute Gasteiger partial charge is 0.507 e. The van der Waals surface area contributed by atoms with Crippen LogP contribution in [0.4, 0.5) is 4.39 Å². The van der Waals surface area contributed by atoms with Crippen LogP contribution in [0.3, 0.4) is 0 Å². The zero-order valence-corrected chi connectivity index (χ0v) is 18.6. The first-order valence-electron chi connectivity index (χ1n) is 11.1. The van der Waals surface area contributed by atoms with Gasteiger partial charge in [0, 0.05) is 29.2 Å². The van der Waals surface area contributed by atoms with Gasteiger partial charge in [-0.25, -0.2) is 4.39 Å². The number of aromatic amines is 1. The summed E-state index contributed by atoms with van der Waals surface area (Å²) < 4.78 is 13.7. The average molecular weight is 455 g/mol. The molecule has 1 aliphatic heterocycles. The summed E-state index contributed by atoms with van der Waals surface area (Å²) >= 11 is 0. The number of halogens is 1. The van der Waals surface area contributed by atoms with Gasteiger partial charge in [0.05, 0.1) is 11.6 Å². The van der Waals surface area contributed by atoms with Gasteiger partial charge in [0.1, 0.15) is 11.6 Å². The lowest BCUT2D eigenvalue weighted by Crippen LogP contribution is -2.31. The maximum Gasteiger partial charge on any atom is 0.295 e. The first-order valence-corrected chi connectivity index (χ1v) is 11.1. The van der Waals surface area contributed by atoms with Gasteiger partial charge in [-0.15, -0.1) is 0 Å². The Morgan fingerprint density at radius 1 is 1.00 bits per heavy atom. The minimum atomic E-state index is -0.813. The van der Waals surface area contributed by atoms with Crippen LogP contribution in [0, 0.1) is 12.7 Å². The van der Waals surface area contributed by atoms with Crippen molar-refractivity contribution in [2.75, 3.05) is 6.54 Å². The molecule has 1 fully saturated rings. The van der Waals surface area contributed by atoms with E-state index in [1.807, 2.05) is 49.5 Å². The molecule has 0 radical (unpaired) electrons. The molecule has 1 saturated heterocycles. The van der Waals surface area contributed by atoms with E-state index in [0.29, 0.717) is 17.5 Å². The third kappa shape index (κ3) is 3.77. The van der Waals surface area contributed by atoms with Crippen LogP contribution in [0.1, 0.15) is 28.3 Å². The summed E-state index contributed by atoms with van der Waals surface area (Å²) in [5.41, 5.74) is 4.05. The van der Waals surface area contributed by atoms with E-state index in [1.165, 1.54) is 17.0 Å². The molecule has 6 heteroatoms. The summed E-state index contributed by atoms with van der Waals surface area (Å²) in [7, 11) is 0. The number of rotatable bonds is 5. The number of carbonyl (C=O) groups excluding carboxylic acids is 2. The van der Waals surface area contributed by atoms with E-state index in [2.05, 4.69) is 4.98 Å². The molecule has 34 heavy (non-hydrogen) atoms. The van der Waals surface area contributed by atoms with Crippen LogP contribution in [0.5, 0.6) is 0 Å². The molecule has 1 aliphatic rings. The number of aliphatic hydroxyl groups is 1. The number of carbonyl (C=O) groups is 2. The molecule has 1 amide bonds. The van der Waals surface area contributed by atoms with Crippen molar-refractivity contribution in [2.45, 2.75) is 19.4 Å². The number of hydrogen-bond acceptors (Lipinski definition) is 3. The van der Waals surface area contributed by atoms with Crippen molar-refractivity contribution in [1.29, 1.82) is 0 Å². The predicted octanol–water partition coefficient (Wildman–Crippen LogP) is 5.28. The van der Waals surface area contributed by atoms with E-state index in [4.69, 9.17) is 0 Å². The normalized spacial score (nSPS) is 17.6. The van der Waals surface area contributed by atoms with Gasteiger partial charge in [-0.1, -0.05) is 60.2 Å². The highest BCUT2D eigenvalue weighted by Crippen LogP contribution is 2.39. The molecular weight excluding hydrogens is 431 g/mol. The van der Waals surface area contributed by atoms with Gasteiger partial charge in [0.2, 0.25) is 0 Å². The van der Waals surface area contributed by atoms with Crippen LogP contribution in [0.2, 0.25) is 0 Å². The molecule has 5 rings (SSSR count). The number of nitrogens with one attached hydrogen (secondary N) is 1. The summed E-state index contributed by atoms with van der Waals surface area (Å²) in [5.74, 6) is -2.07. The Labute approximate surface area is 196 Å². The van der Waals surface area contributed by atoms with Crippen LogP contribution < -0.4 is 0 Å². The number of hydrogen-bond donors (Lipinski definition) is 2. The zero-order chi connectivity index (χ0) is 23.8. The number of benzene rings is 3. The van der Waals surface area contributed by atoms with Crippen molar-refractivity contribution in [1.82, 2.24) is 9.88 Å². The molecule has 170 valence electrons. The molecule has 0 spiro atoms. The van der Waals surface area contributed by atoms with Gasteiger partial charge in [0.15, 0.2) is 0 Å². The quantitative estimate of drug-likeness (QED) is 0.245. The smallest absolute Gasteiger partial charge is 0.295 e. The minimum Gasteiger partial charge on any atom is -0.507 e. The first kappa shape index (κ1) is 21.6. The van der Waals surface area contributed by atoms with Crippen molar-refractivity contribution in [2.24, 2.45) is 0 Å². The molecule has 1 atom stereocenters. The Balaban J connectivity index is 1.56. The Morgan fingerprint density at radius 2 is 1.71 bits per heavy atom. The van der Waals surface area contributed by atoms with Crippen molar-refractivity contribution in [3.63, 3.8) is 0 Å². The Kier molecular flexibility index (Phi) is 5.49. The predicted molar refractivity (Wildman–Crippen MR) is 129 cm³/mol. The van der Waals surface area contributed by atoms with E-state index in [0.717, 1.165) is 22.0 Å². The highest BCUT2D eigenvalue weighted by atomic mass is 19.1. The van der Waals surface area contributed by atoms with Crippen LogP contribution in [-0.4, -0.2) is 33.2 Å². The number of nitrogens with zero attached hydrogens (tertiary/aromatic N) is 1. The van der Waals surface area contributed by atoms with Crippen molar-refractivity contribution >= 4 is 28.4 Å². The standard InChI is InChI=1S/C28H23FN2O3/c1-17-6-8-19(9-7-17)26(32)24-25(18-10-12-21(29)13-11-18)31(28(34)27(24)33)15-14-20-16-30-23-5-3-2-4-22(20)23/h2-13,16,25,30,32H,14-15H2,1H3. The lowest BCUT2D eigenvalue weighted by molar-refractivity contribution is -0.139. The monoisotopic (exact) mass is 454 g/mol. The van der Waals surface area contributed by atoms with Gasteiger partial charge >= 0.3 is 0 Å². The number of amides is 1. The second kappa shape index (κ2) is 8.63. The van der Waals surface area contributed by atoms with Crippen LogP contribution in [0.25, 0.3) is 16.7 Å². The first-order chi connectivity index (χ1) is 16.4. The number of aryl methyl sites for hydroxylation is 1. The highest BCUT2D eigenvalue weighted by Gasteiger charge is 2.45. The Bertz CT molecular complexity index is 1420. The van der Waals surface area contributed by atoms with E-state index in [9.17, 15) is 19.1 Å². The molecule has 2 N–H and O–H groups in total. The van der Waals surface area contributed by atoms with Crippen molar-refractivity contribution in [3.05, 3.63) is 113 Å². The van der Waals surface area contributed by atoms with Crippen LogP contribution >= 0.6 is 0 Å². The topological polar surface area (TPSA) is 73.4 Å². The molecule has 1 aromatic heterocycles. The molecule has 0 bridgehead atoms. The highest BCUT2D eigenvalue weighted by molar-refractivity contribution is 6.46. The maximum atomic E-state index is 13.7. The van der Waals surface area contributed by atoms with Crippen LogP contribution in [0.15, 0.2) is 84.6 Å². The molecule has 2 heterocycles. The third-order valence-corrected chi connectivity index (χ3v) is 6.35. The van der Waals surface area contributed by atoms with Crippen molar-refractivity contribution in [3.8, 4) is 0 Å². The summed E-state index contributed by atoms with van der Waals surface area (Å²) in [6.07, 6.45) is 2.42. The minimum absolute atomic E-state index is 0.0133. The molecular formula is C28H23FN2O3. The van der Waals surface area contributed by atoms with Gasteiger partial charge in [0.25, 0.3) is 11.7 Å². The lowest BCUT2D eigenvalue weighted by atomic mass is 9.95. The lowest BCUT2D eigenvalue weighted by Gasteiger charge is -2.25. The molecule has 0 aliphatic carbocycles. The fourth-order valence-corrected chi connectivity index (χ4v) is 4.55. The zero-order valence-electron chi connectivity index (χ0n) is 18.6. The number of likely N-dealkylation sites (tertiary alicyclic amines) is 1. The average Bonchev–Trinajstić information content (AvgIpc) is 3.37. The summed E-state index contributed by atoms with van der Waals surface area (Å²) in [6, 6.07) is 19.8. The summed E-state index contributed by atoms with van der Waals surface area (Å²) in [5, 5.41) is 12.2. The summed E-state index contributed by atoms with van der Waals surface area (Å²) in [6.45, 7) is 2.19. The fourth-order valence-electron chi connectivity index (χ4n) is 4.55. The Morgan fingerprint density at radius 3 is 2.44 bits per heavy atom. The number of Topliss-reactive ketones (excluding diaryl/α,β-unsaturated/α-hetero) is 1. The molecule has 5 nitrogen and oxygen atoms in total. The SMILES string of the molecule is Cc1ccc(C(O)=C2C(=O)C(=O)N(CCc3c[nH]c4ccccc34)C2c2ccc(F)cc2)cc1. The number of para-hydroxylation sites is 1. The van der Waals surface area contributed by atoms with E-state index < -0.39 is 23.5 Å². The second-order valence-corrected chi connectivity index (χ2v) is 8.52. The van der Waals surface area contributed by atoms with E-state index in [1.54, 1.807) is 24.3 Å². The van der Waals surface area contributed by atoms with Gasteiger partial charge in [-0.3, -0.25) is 9.59 Å². The van der Waals surface area contributed by atoms with E-state index >= 15 is 0 Å². The number of H-pyrrole nitrogens is 1. The van der Waals surface area contributed by atoms with Gasteiger partial charge < -0.3 is 15.0 Å². The molecule has 3 aromatic carbocycles. The second-order valence-electron chi connectivity index (χ2n) is 8.52. The van der Waals surface area contributed by atoms with Crippen LogP contribution in [-0.2, 0) is 16.0 Å². The number of aromatic nitrogens is 1. The number of aliphatic hydroxyl groups excluding tert-OH is 1. The summed E-state index contributed by atoms with van der Waals surface area (Å²) in [4.78, 5) is 31.0. The van der Waals surface area contributed by atoms with Gasteiger partial charge in [-0.2, -0.15) is 0 Å². The van der Waals surface area contributed by atoms with E-state index in [-0.39, 0.29) is 17.9 Å². The number of ketones is 1. The fraction of sp³-hybridized carbons (Fsp3) is 0.143. The molecule has 1 unspecified atom stereocenters. The number of fused-ring (bicyclic) bond motifs is 1. The maximum absolute atomic E-state index is 13.7. The Hall–Kier alpha value is -4.19.